The van der Waals surface area contributed by atoms with E-state index in [0.29, 0.717) is 11.7 Å². The summed E-state index contributed by atoms with van der Waals surface area (Å²) in [5.74, 6) is -0.00337. The number of hydrogen-bond acceptors (Lipinski definition) is 5. The van der Waals surface area contributed by atoms with Crippen LogP contribution in [0.25, 0.3) is 11.1 Å². The first-order chi connectivity index (χ1) is 14.2. The van der Waals surface area contributed by atoms with Crippen LogP contribution in [-0.2, 0) is 16.1 Å². The van der Waals surface area contributed by atoms with Crippen molar-refractivity contribution in [3.05, 3.63) is 65.1 Å². The van der Waals surface area contributed by atoms with Crippen molar-refractivity contribution >= 4 is 23.4 Å². The van der Waals surface area contributed by atoms with Crippen molar-refractivity contribution in [1.29, 1.82) is 0 Å². The molecule has 7 nitrogen and oxygen atoms in total. The summed E-state index contributed by atoms with van der Waals surface area (Å²) < 4.78 is 7.15. The second-order valence-electron chi connectivity index (χ2n) is 6.81. The lowest BCUT2D eigenvalue weighted by Crippen LogP contribution is -2.25. The molecule has 1 aliphatic heterocycles. The van der Waals surface area contributed by atoms with Gasteiger partial charge in [0.1, 0.15) is 0 Å². The smallest absolute Gasteiger partial charge is 0.344 e. The summed E-state index contributed by atoms with van der Waals surface area (Å²) in [6.07, 6.45) is 1.96. The van der Waals surface area contributed by atoms with Crippen LogP contribution in [0.1, 0.15) is 12.8 Å². The van der Waals surface area contributed by atoms with E-state index < -0.39 is 0 Å². The van der Waals surface area contributed by atoms with Crippen molar-refractivity contribution in [1.82, 2.24) is 14.8 Å². The van der Waals surface area contributed by atoms with E-state index in [1.54, 1.807) is 4.57 Å². The van der Waals surface area contributed by atoms with Gasteiger partial charge in [0.15, 0.2) is 5.16 Å². The summed E-state index contributed by atoms with van der Waals surface area (Å²) >= 11 is 1.23. The third-order valence-corrected chi connectivity index (χ3v) is 5.73. The van der Waals surface area contributed by atoms with Gasteiger partial charge in [-0.2, -0.15) is 0 Å². The van der Waals surface area contributed by atoms with Crippen LogP contribution in [-0.4, -0.2) is 39.1 Å². The number of hydrogen-bond donors (Lipinski definition) is 2. The Kier molecular flexibility index (Phi) is 6.12. The van der Waals surface area contributed by atoms with Gasteiger partial charge in [-0.25, -0.2) is 9.89 Å². The molecule has 1 fully saturated rings. The highest BCUT2D eigenvalue weighted by molar-refractivity contribution is 7.99. The van der Waals surface area contributed by atoms with Gasteiger partial charge in [-0.1, -0.05) is 60.3 Å². The van der Waals surface area contributed by atoms with Gasteiger partial charge in [-0.3, -0.25) is 9.36 Å². The van der Waals surface area contributed by atoms with Crippen molar-refractivity contribution in [3.8, 4) is 11.1 Å². The van der Waals surface area contributed by atoms with Crippen molar-refractivity contribution in [2.24, 2.45) is 0 Å². The highest BCUT2D eigenvalue weighted by atomic mass is 32.2. The third kappa shape index (κ3) is 4.78. The zero-order valence-electron chi connectivity index (χ0n) is 15.8. The van der Waals surface area contributed by atoms with E-state index >= 15 is 0 Å². The molecule has 0 unspecified atom stereocenters. The number of nitrogens with one attached hydrogen (secondary N) is 2. The SMILES string of the molecule is O=C(CSc1n[nH]c(=O)n1C[C@@H]1CCCO1)Nc1ccccc1-c1ccccc1. The Morgan fingerprint density at radius 2 is 2.00 bits per heavy atom. The lowest BCUT2D eigenvalue weighted by atomic mass is 10.0. The Morgan fingerprint density at radius 1 is 1.21 bits per heavy atom. The number of anilines is 1. The summed E-state index contributed by atoms with van der Waals surface area (Å²) in [4.78, 5) is 24.6. The topological polar surface area (TPSA) is 89.0 Å². The molecule has 1 atom stereocenters. The fourth-order valence-corrected chi connectivity index (χ4v) is 4.10. The largest absolute Gasteiger partial charge is 0.376 e. The first-order valence-corrected chi connectivity index (χ1v) is 10.5. The average molecular weight is 410 g/mol. The lowest BCUT2D eigenvalue weighted by Gasteiger charge is -2.12. The molecule has 2 aromatic carbocycles. The minimum Gasteiger partial charge on any atom is -0.376 e. The minimum absolute atomic E-state index is 0.0243. The minimum atomic E-state index is -0.280. The van der Waals surface area contributed by atoms with Crippen molar-refractivity contribution < 1.29 is 9.53 Å². The van der Waals surface area contributed by atoms with Crippen molar-refractivity contribution in [3.63, 3.8) is 0 Å². The van der Waals surface area contributed by atoms with Gasteiger partial charge in [0.2, 0.25) is 5.91 Å². The Hall–Kier alpha value is -2.84. The van der Waals surface area contributed by atoms with E-state index in [2.05, 4.69) is 15.5 Å². The van der Waals surface area contributed by atoms with E-state index in [1.165, 1.54) is 11.8 Å². The number of thioether (sulfide) groups is 1. The number of H-pyrrole nitrogens is 1. The molecule has 8 heteroatoms. The fourth-order valence-electron chi connectivity index (χ4n) is 3.34. The molecular weight excluding hydrogens is 388 g/mol. The normalized spacial score (nSPS) is 16.1. The Morgan fingerprint density at radius 3 is 2.79 bits per heavy atom. The zero-order valence-corrected chi connectivity index (χ0v) is 16.7. The number of para-hydroxylation sites is 1. The van der Waals surface area contributed by atoms with Crippen LogP contribution in [0, 0.1) is 0 Å². The van der Waals surface area contributed by atoms with Gasteiger partial charge < -0.3 is 10.1 Å². The number of amides is 1. The molecule has 0 spiro atoms. The number of carbonyl (C=O) groups excluding carboxylic acids is 1. The molecule has 0 radical (unpaired) electrons. The second kappa shape index (κ2) is 9.11. The number of rotatable bonds is 7. The standard InChI is InChI=1S/C21H22N4O3S/c26-19(22-18-11-5-4-10-17(18)15-7-2-1-3-8-15)14-29-21-24-23-20(27)25(21)13-16-9-6-12-28-16/h1-5,7-8,10-11,16H,6,9,12-14H2,(H,22,26)(H,23,27)/t16-/m0/s1. The van der Waals surface area contributed by atoms with E-state index in [0.717, 1.165) is 36.3 Å². The summed E-state index contributed by atoms with van der Waals surface area (Å²) in [6.45, 7) is 1.18. The fraction of sp³-hybridized carbons (Fsp3) is 0.286. The molecule has 1 amide bonds. The molecule has 2 N–H and O–H groups in total. The van der Waals surface area contributed by atoms with Gasteiger partial charge in [0.25, 0.3) is 0 Å². The molecule has 29 heavy (non-hydrogen) atoms. The summed E-state index contributed by atoms with van der Waals surface area (Å²) in [5, 5.41) is 9.99. The van der Waals surface area contributed by atoms with Crippen LogP contribution in [0.2, 0.25) is 0 Å². The van der Waals surface area contributed by atoms with Crippen molar-refractivity contribution in [2.45, 2.75) is 30.6 Å². The second-order valence-corrected chi connectivity index (χ2v) is 7.75. The maximum Gasteiger partial charge on any atom is 0.344 e. The number of benzene rings is 2. The predicted octanol–water partition coefficient (Wildman–Crippen LogP) is 3.15. The monoisotopic (exact) mass is 410 g/mol. The van der Waals surface area contributed by atoms with Gasteiger partial charge in [0.05, 0.1) is 18.4 Å². The number of nitrogens with zero attached hydrogens (tertiary/aromatic N) is 2. The molecule has 1 saturated heterocycles. The number of carbonyl (C=O) groups is 1. The Labute approximate surface area is 172 Å². The molecule has 0 saturated carbocycles. The van der Waals surface area contributed by atoms with E-state index in [4.69, 9.17) is 4.74 Å². The molecule has 2 heterocycles. The number of aromatic amines is 1. The van der Waals surface area contributed by atoms with Crippen LogP contribution in [0.3, 0.4) is 0 Å². The number of ether oxygens (including phenoxy) is 1. The molecule has 1 aliphatic rings. The first-order valence-electron chi connectivity index (χ1n) is 9.54. The summed E-state index contributed by atoms with van der Waals surface area (Å²) in [7, 11) is 0. The first kappa shape index (κ1) is 19.5. The maximum atomic E-state index is 12.5. The van der Waals surface area contributed by atoms with Gasteiger partial charge in [-0.15, -0.1) is 5.10 Å². The van der Waals surface area contributed by atoms with Crippen LogP contribution in [0.15, 0.2) is 64.5 Å². The zero-order chi connectivity index (χ0) is 20.1. The molecule has 0 bridgehead atoms. The Balaban J connectivity index is 1.41. The highest BCUT2D eigenvalue weighted by Crippen LogP contribution is 2.28. The van der Waals surface area contributed by atoms with Gasteiger partial charge in [0, 0.05) is 17.9 Å². The molecule has 3 aromatic rings. The maximum absolute atomic E-state index is 12.5. The van der Waals surface area contributed by atoms with Crippen LogP contribution in [0.5, 0.6) is 0 Å². The van der Waals surface area contributed by atoms with Crippen LogP contribution < -0.4 is 11.0 Å². The van der Waals surface area contributed by atoms with Crippen LogP contribution in [0.4, 0.5) is 5.69 Å². The van der Waals surface area contributed by atoms with Crippen LogP contribution >= 0.6 is 11.8 Å². The summed E-state index contributed by atoms with van der Waals surface area (Å²) in [6, 6.07) is 17.6. The number of aromatic nitrogens is 3. The molecule has 1 aromatic heterocycles. The molecule has 4 rings (SSSR count). The average Bonchev–Trinajstić information content (AvgIpc) is 3.38. The predicted molar refractivity (Wildman–Crippen MR) is 113 cm³/mol. The molecule has 150 valence electrons. The van der Waals surface area contributed by atoms with Gasteiger partial charge >= 0.3 is 5.69 Å². The van der Waals surface area contributed by atoms with Crippen molar-refractivity contribution in [2.75, 3.05) is 17.7 Å². The quantitative estimate of drug-likeness (QED) is 0.584. The highest BCUT2D eigenvalue weighted by Gasteiger charge is 2.20. The third-order valence-electron chi connectivity index (χ3n) is 4.75. The van der Waals surface area contributed by atoms with E-state index in [9.17, 15) is 9.59 Å². The molecule has 0 aliphatic carbocycles. The molecular formula is C21H22N4O3S. The lowest BCUT2D eigenvalue weighted by molar-refractivity contribution is -0.113. The van der Waals surface area contributed by atoms with E-state index in [1.807, 2.05) is 54.6 Å². The summed E-state index contributed by atoms with van der Waals surface area (Å²) in [5.41, 5.74) is 2.47. The van der Waals surface area contributed by atoms with Gasteiger partial charge in [-0.05, 0) is 24.5 Å². The van der Waals surface area contributed by atoms with E-state index in [-0.39, 0.29) is 23.5 Å². The Bertz CT molecular complexity index is 1030.